The molecular formula is C30H35F3N6O2S3. The van der Waals surface area contributed by atoms with Crippen molar-refractivity contribution >= 4 is 57.6 Å². The number of fused-ring (bicyclic) bond motifs is 2. The van der Waals surface area contributed by atoms with Gasteiger partial charge in [0.05, 0.1) is 47.4 Å². The van der Waals surface area contributed by atoms with Gasteiger partial charge >= 0.3 is 6.18 Å². The number of aromatic nitrogens is 2. The number of benzene rings is 1. The Morgan fingerprint density at radius 3 is 2.75 bits per heavy atom. The Labute approximate surface area is 268 Å². The number of hydrogen-bond donors (Lipinski definition) is 1. The molecule has 2 unspecified atom stereocenters. The number of hydrogen-bond acceptors (Lipinski definition) is 10. The van der Waals surface area contributed by atoms with Gasteiger partial charge in [-0.25, -0.2) is 9.97 Å². The smallest absolute Gasteiger partial charge is 0.383 e. The van der Waals surface area contributed by atoms with Gasteiger partial charge in [-0.05, 0) is 36.2 Å². The number of alkyl halides is 3. The van der Waals surface area contributed by atoms with Crippen LogP contribution in [0.5, 0.6) is 0 Å². The largest absolute Gasteiger partial charge is 0.420 e. The number of anilines is 3. The lowest BCUT2D eigenvalue weighted by atomic mass is 10.0. The zero-order valence-electron chi connectivity index (χ0n) is 24.8. The summed E-state index contributed by atoms with van der Waals surface area (Å²) in [6, 6.07) is 8.50. The summed E-state index contributed by atoms with van der Waals surface area (Å²) < 4.78 is 53.6. The zero-order valence-corrected chi connectivity index (χ0v) is 27.3. The normalized spacial score (nSPS) is 20.9. The van der Waals surface area contributed by atoms with Crippen molar-refractivity contribution in [2.75, 3.05) is 76.1 Å². The van der Waals surface area contributed by atoms with Crippen LogP contribution >= 0.6 is 35.3 Å². The molecule has 2 saturated heterocycles. The molecule has 8 nitrogen and oxygen atoms in total. The minimum Gasteiger partial charge on any atom is -0.383 e. The summed E-state index contributed by atoms with van der Waals surface area (Å²) in [5.41, 5.74) is 1.88. The summed E-state index contributed by atoms with van der Waals surface area (Å²) in [7, 11) is 3.63. The number of halogens is 3. The van der Waals surface area contributed by atoms with Gasteiger partial charge in [-0.1, -0.05) is 19.1 Å². The van der Waals surface area contributed by atoms with E-state index in [0.29, 0.717) is 35.7 Å². The molecule has 2 aromatic heterocycles. The fraction of sp³-hybridized carbons (Fsp3) is 0.500. The third-order valence-corrected chi connectivity index (χ3v) is 11.3. The maximum Gasteiger partial charge on any atom is 0.420 e. The van der Waals surface area contributed by atoms with Gasteiger partial charge in [0.15, 0.2) is 0 Å². The van der Waals surface area contributed by atoms with Gasteiger partial charge in [-0.15, -0.1) is 23.1 Å². The Morgan fingerprint density at radius 1 is 1.16 bits per heavy atom. The number of thiocarbonyl (C=S) groups is 1. The van der Waals surface area contributed by atoms with E-state index in [1.165, 1.54) is 11.3 Å². The third-order valence-electron chi connectivity index (χ3n) is 8.40. The fourth-order valence-corrected chi connectivity index (χ4v) is 8.83. The van der Waals surface area contributed by atoms with Gasteiger partial charge < -0.3 is 24.6 Å². The van der Waals surface area contributed by atoms with Crippen molar-refractivity contribution < 1.29 is 22.6 Å². The van der Waals surface area contributed by atoms with Crippen LogP contribution in [0, 0.1) is 0 Å². The fourth-order valence-electron chi connectivity index (χ4n) is 6.00. The van der Waals surface area contributed by atoms with E-state index in [1.54, 1.807) is 24.9 Å². The number of thioether (sulfide) groups is 1. The van der Waals surface area contributed by atoms with Crippen LogP contribution in [0.25, 0.3) is 10.6 Å². The minimum atomic E-state index is -4.61. The first-order valence-corrected chi connectivity index (χ1v) is 16.8. The number of rotatable bonds is 8. The van der Waals surface area contributed by atoms with Crippen LogP contribution in [0.15, 0.2) is 35.4 Å². The Bertz CT molecular complexity index is 1520. The first kappa shape index (κ1) is 31.5. The quantitative estimate of drug-likeness (QED) is 0.300. The second-order valence-corrected chi connectivity index (χ2v) is 13.6. The molecule has 0 saturated carbocycles. The Kier molecular flexibility index (Phi) is 9.37. The van der Waals surface area contributed by atoms with E-state index in [4.69, 9.17) is 21.7 Å². The van der Waals surface area contributed by atoms with E-state index in [2.05, 4.69) is 44.1 Å². The molecule has 44 heavy (non-hydrogen) atoms. The third kappa shape index (κ3) is 6.29. The Balaban J connectivity index is 1.28. The summed E-state index contributed by atoms with van der Waals surface area (Å²) in [5.74, 6) is 0.915. The first-order valence-electron chi connectivity index (χ1n) is 14.6. The van der Waals surface area contributed by atoms with Crippen LogP contribution in [0.3, 0.4) is 0 Å². The molecule has 2 fully saturated rings. The second-order valence-electron chi connectivity index (χ2n) is 11.0. The van der Waals surface area contributed by atoms with Crippen LogP contribution in [-0.2, 0) is 22.1 Å². The summed E-state index contributed by atoms with van der Waals surface area (Å²) in [6.45, 7) is 7.58. The molecule has 0 spiro atoms. The standard InChI is InChI=1S/C30H35F3N6O2S3/c1-4-18-13-19(39-8-7-38(9-11-40-3)22-16-41-17-23(22)39)5-6-21(18)35-29-34-15-20(30(31,32)33)26(36-29)24-14-25-27(44-24)28(42)37(2)10-12-43-25/h5-6,13-15,22-23H,4,7-12,16-17H2,1-3H3,(H,34,35,36). The van der Waals surface area contributed by atoms with Crippen molar-refractivity contribution in [3.8, 4) is 10.6 Å². The SMILES string of the molecule is CCc1cc(N2CCN(CCOC)C3COCC32)ccc1Nc1ncc(C(F)(F)F)c(-c2cc3c(s2)C(=S)N(C)CCS3)n1. The lowest BCUT2D eigenvalue weighted by molar-refractivity contribution is -0.137. The number of nitrogens with one attached hydrogen (secondary N) is 1. The number of ether oxygens (including phenoxy) is 2. The highest BCUT2D eigenvalue weighted by Crippen LogP contribution is 2.43. The average molecular weight is 665 g/mol. The van der Waals surface area contributed by atoms with Crippen LogP contribution in [-0.4, -0.2) is 103 Å². The highest BCUT2D eigenvalue weighted by atomic mass is 32.2. The van der Waals surface area contributed by atoms with Gasteiger partial charge in [0, 0.05) is 68.6 Å². The van der Waals surface area contributed by atoms with E-state index in [-0.39, 0.29) is 17.7 Å². The molecular weight excluding hydrogens is 630 g/mol. The van der Waals surface area contributed by atoms with Crippen LogP contribution < -0.4 is 10.2 Å². The van der Waals surface area contributed by atoms with Gasteiger partial charge in [0.1, 0.15) is 10.6 Å². The van der Waals surface area contributed by atoms with E-state index >= 15 is 0 Å². The predicted molar refractivity (Wildman–Crippen MR) is 174 cm³/mol. The molecule has 0 bridgehead atoms. The molecule has 3 aromatic rings. The number of methoxy groups -OCH3 is 1. The summed E-state index contributed by atoms with van der Waals surface area (Å²) in [4.78, 5) is 18.1. The van der Waals surface area contributed by atoms with Crippen molar-refractivity contribution in [1.82, 2.24) is 19.8 Å². The Hall–Kier alpha value is -2.49. The number of piperazine rings is 1. The predicted octanol–water partition coefficient (Wildman–Crippen LogP) is 5.78. The number of thiophene rings is 1. The van der Waals surface area contributed by atoms with E-state index in [0.717, 1.165) is 71.3 Å². The molecule has 5 heterocycles. The summed E-state index contributed by atoms with van der Waals surface area (Å²) in [5, 5.41) is 3.22. The van der Waals surface area contributed by atoms with E-state index in [9.17, 15) is 13.2 Å². The molecule has 1 N–H and O–H groups in total. The lowest BCUT2D eigenvalue weighted by Crippen LogP contribution is -2.59. The lowest BCUT2D eigenvalue weighted by Gasteiger charge is -2.44. The molecule has 1 aromatic carbocycles. The van der Waals surface area contributed by atoms with Crippen molar-refractivity contribution in [3.05, 3.63) is 46.5 Å². The maximum atomic E-state index is 14.1. The van der Waals surface area contributed by atoms with E-state index < -0.39 is 11.7 Å². The molecule has 2 atom stereocenters. The zero-order chi connectivity index (χ0) is 31.0. The summed E-state index contributed by atoms with van der Waals surface area (Å²) >= 11 is 8.47. The molecule has 14 heteroatoms. The van der Waals surface area contributed by atoms with Gasteiger partial charge in [0.25, 0.3) is 0 Å². The summed E-state index contributed by atoms with van der Waals surface area (Å²) in [6.07, 6.45) is -3.01. The minimum absolute atomic E-state index is 0.113. The van der Waals surface area contributed by atoms with E-state index in [1.807, 2.05) is 18.0 Å². The highest BCUT2D eigenvalue weighted by Gasteiger charge is 2.41. The number of aryl methyl sites for hydroxylation is 1. The van der Waals surface area contributed by atoms with Gasteiger partial charge in [0.2, 0.25) is 5.95 Å². The first-order chi connectivity index (χ1) is 21.2. The molecule has 3 aliphatic heterocycles. The average Bonchev–Trinajstić information content (AvgIpc) is 3.65. The molecule has 236 valence electrons. The molecule has 0 amide bonds. The van der Waals surface area contributed by atoms with Crippen molar-refractivity contribution in [2.24, 2.45) is 0 Å². The van der Waals surface area contributed by atoms with Crippen LogP contribution in [0.1, 0.15) is 22.9 Å². The van der Waals surface area contributed by atoms with Crippen molar-refractivity contribution in [1.29, 1.82) is 0 Å². The van der Waals surface area contributed by atoms with Crippen LogP contribution in [0.2, 0.25) is 0 Å². The second kappa shape index (κ2) is 13.1. The molecule has 0 aliphatic carbocycles. The molecule has 6 rings (SSSR count). The van der Waals surface area contributed by atoms with Crippen LogP contribution in [0.4, 0.5) is 30.5 Å². The van der Waals surface area contributed by atoms with Crippen molar-refractivity contribution in [2.45, 2.75) is 36.5 Å². The van der Waals surface area contributed by atoms with Crippen molar-refractivity contribution in [3.63, 3.8) is 0 Å². The topological polar surface area (TPSA) is 66.0 Å². The number of nitrogens with zero attached hydrogens (tertiary/aromatic N) is 5. The Morgan fingerprint density at radius 2 is 1.98 bits per heavy atom. The molecule has 3 aliphatic rings. The van der Waals surface area contributed by atoms with Gasteiger partial charge in [-0.2, -0.15) is 13.2 Å². The monoisotopic (exact) mass is 664 g/mol. The maximum absolute atomic E-state index is 14.1. The highest BCUT2D eigenvalue weighted by molar-refractivity contribution is 7.99. The van der Waals surface area contributed by atoms with Gasteiger partial charge in [-0.3, -0.25) is 4.90 Å². The molecule has 0 radical (unpaired) electrons.